The standard InChI is InChI=1S/C23H20N4O3S/c1-15-10-11-20(30-15)22-25-19(14-31-22)13-21(28)24-17-8-5-9-18(12-17)27-23(29)26-16-6-3-2-4-7-16/h2-12,14H,13H2,1H3,(H,24,28)(H2,26,27,29). The molecule has 4 aromatic rings. The highest BCUT2D eigenvalue weighted by Gasteiger charge is 2.12. The van der Waals surface area contributed by atoms with Crippen LogP contribution in [-0.4, -0.2) is 16.9 Å². The maximum Gasteiger partial charge on any atom is 0.323 e. The molecule has 0 atom stereocenters. The molecule has 2 aromatic carbocycles. The van der Waals surface area contributed by atoms with Gasteiger partial charge in [-0.2, -0.15) is 0 Å². The van der Waals surface area contributed by atoms with Gasteiger partial charge >= 0.3 is 6.03 Å². The molecule has 8 heteroatoms. The van der Waals surface area contributed by atoms with Gasteiger partial charge in [-0.15, -0.1) is 11.3 Å². The van der Waals surface area contributed by atoms with E-state index in [0.717, 1.165) is 10.8 Å². The Bertz CT molecular complexity index is 1200. The average Bonchev–Trinajstić information content (AvgIpc) is 3.37. The summed E-state index contributed by atoms with van der Waals surface area (Å²) in [6, 6.07) is 19.5. The molecule has 0 aliphatic heterocycles. The van der Waals surface area contributed by atoms with Crippen LogP contribution < -0.4 is 16.0 Å². The van der Waals surface area contributed by atoms with E-state index in [1.54, 1.807) is 36.4 Å². The van der Waals surface area contributed by atoms with E-state index in [9.17, 15) is 9.59 Å². The van der Waals surface area contributed by atoms with E-state index < -0.39 is 0 Å². The fourth-order valence-corrected chi connectivity index (χ4v) is 3.69. The number of aromatic nitrogens is 1. The monoisotopic (exact) mass is 432 g/mol. The number of para-hydroxylation sites is 1. The van der Waals surface area contributed by atoms with Crippen molar-refractivity contribution in [1.29, 1.82) is 0 Å². The van der Waals surface area contributed by atoms with Gasteiger partial charge in [-0.1, -0.05) is 24.3 Å². The third-order valence-corrected chi connectivity index (χ3v) is 5.19. The molecule has 31 heavy (non-hydrogen) atoms. The van der Waals surface area contributed by atoms with Gasteiger partial charge in [0.1, 0.15) is 5.76 Å². The summed E-state index contributed by atoms with van der Waals surface area (Å²) < 4.78 is 5.57. The summed E-state index contributed by atoms with van der Waals surface area (Å²) in [6.45, 7) is 1.87. The fraction of sp³-hybridized carbons (Fsp3) is 0.0870. The number of aryl methyl sites for hydroxylation is 1. The molecule has 156 valence electrons. The normalized spacial score (nSPS) is 10.5. The number of anilines is 3. The molecule has 0 fully saturated rings. The summed E-state index contributed by atoms with van der Waals surface area (Å²) >= 11 is 1.43. The molecule has 0 aliphatic carbocycles. The molecule has 0 spiro atoms. The van der Waals surface area contributed by atoms with Gasteiger partial charge in [-0.3, -0.25) is 4.79 Å². The van der Waals surface area contributed by atoms with Crippen molar-refractivity contribution in [2.24, 2.45) is 0 Å². The molecule has 7 nitrogen and oxygen atoms in total. The first-order valence-corrected chi connectivity index (χ1v) is 10.5. The molecule has 3 amide bonds. The number of hydrogen-bond donors (Lipinski definition) is 3. The van der Waals surface area contributed by atoms with Crippen LogP contribution in [0, 0.1) is 6.92 Å². The van der Waals surface area contributed by atoms with Gasteiger partial charge < -0.3 is 20.4 Å². The van der Waals surface area contributed by atoms with Crippen molar-refractivity contribution in [3.8, 4) is 10.8 Å². The number of furan rings is 1. The minimum absolute atomic E-state index is 0.141. The lowest BCUT2D eigenvalue weighted by Gasteiger charge is -2.10. The van der Waals surface area contributed by atoms with Gasteiger partial charge in [0, 0.05) is 22.4 Å². The number of hydrogen-bond acceptors (Lipinski definition) is 5. The van der Waals surface area contributed by atoms with E-state index in [-0.39, 0.29) is 18.4 Å². The Morgan fingerprint density at radius 2 is 1.61 bits per heavy atom. The first-order valence-electron chi connectivity index (χ1n) is 9.59. The van der Waals surface area contributed by atoms with Gasteiger partial charge in [0.25, 0.3) is 0 Å². The molecule has 2 aromatic heterocycles. The fourth-order valence-electron chi connectivity index (χ4n) is 2.91. The first kappa shape index (κ1) is 20.4. The number of amides is 3. The smallest absolute Gasteiger partial charge is 0.323 e. The number of rotatable bonds is 6. The molecular formula is C23H20N4O3S. The van der Waals surface area contributed by atoms with Crippen LogP contribution in [-0.2, 0) is 11.2 Å². The molecule has 4 rings (SSSR count). The van der Waals surface area contributed by atoms with Crippen LogP contribution in [0.3, 0.4) is 0 Å². The van der Waals surface area contributed by atoms with Crippen LogP contribution in [0.25, 0.3) is 10.8 Å². The average molecular weight is 433 g/mol. The molecule has 0 saturated heterocycles. The second kappa shape index (κ2) is 9.27. The summed E-state index contributed by atoms with van der Waals surface area (Å²) in [5, 5.41) is 10.9. The third kappa shape index (κ3) is 5.58. The second-order valence-electron chi connectivity index (χ2n) is 6.81. The van der Waals surface area contributed by atoms with Gasteiger partial charge in [0.15, 0.2) is 10.8 Å². The highest BCUT2D eigenvalue weighted by molar-refractivity contribution is 7.13. The van der Waals surface area contributed by atoms with E-state index in [0.29, 0.717) is 28.5 Å². The van der Waals surface area contributed by atoms with Crippen molar-refractivity contribution >= 4 is 40.3 Å². The Morgan fingerprint density at radius 1 is 0.903 bits per heavy atom. The first-order chi connectivity index (χ1) is 15.0. The molecule has 0 bridgehead atoms. The Labute approximate surface area is 183 Å². The van der Waals surface area contributed by atoms with Gasteiger partial charge in [0.2, 0.25) is 5.91 Å². The zero-order chi connectivity index (χ0) is 21.6. The zero-order valence-corrected chi connectivity index (χ0v) is 17.5. The number of carbonyl (C=O) groups excluding carboxylic acids is 2. The van der Waals surface area contributed by atoms with Crippen molar-refractivity contribution in [3.63, 3.8) is 0 Å². The number of nitrogens with one attached hydrogen (secondary N) is 3. The maximum atomic E-state index is 12.4. The van der Waals surface area contributed by atoms with Gasteiger partial charge in [-0.25, -0.2) is 9.78 Å². The summed E-state index contributed by atoms with van der Waals surface area (Å²) in [7, 11) is 0. The van der Waals surface area contributed by atoms with Crippen molar-refractivity contribution in [2.45, 2.75) is 13.3 Å². The van der Waals surface area contributed by atoms with Gasteiger partial charge in [-0.05, 0) is 49.4 Å². The molecule has 0 aliphatic rings. The van der Waals surface area contributed by atoms with Crippen molar-refractivity contribution in [2.75, 3.05) is 16.0 Å². The van der Waals surface area contributed by atoms with E-state index in [4.69, 9.17) is 4.42 Å². The maximum absolute atomic E-state index is 12.4. The van der Waals surface area contributed by atoms with Crippen molar-refractivity contribution in [1.82, 2.24) is 4.98 Å². The van der Waals surface area contributed by atoms with E-state index in [2.05, 4.69) is 20.9 Å². The summed E-state index contributed by atoms with van der Waals surface area (Å²) in [5.74, 6) is 1.32. The SMILES string of the molecule is Cc1ccc(-c2nc(CC(=O)Nc3cccc(NC(=O)Nc4ccccc4)c3)cs2)o1. The number of carbonyl (C=O) groups is 2. The lowest BCUT2D eigenvalue weighted by atomic mass is 10.2. The Kier molecular flexibility index (Phi) is 6.09. The predicted octanol–water partition coefficient (Wildman–Crippen LogP) is 5.54. The number of thiazole rings is 1. The lowest BCUT2D eigenvalue weighted by Crippen LogP contribution is -2.19. The Balaban J connectivity index is 1.33. The number of urea groups is 1. The number of benzene rings is 2. The van der Waals surface area contributed by atoms with Crippen molar-refractivity contribution < 1.29 is 14.0 Å². The molecule has 0 unspecified atom stereocenters. The van der Waals surface area contributed by atoms with Crippen LogP contribution in [0.1, 0.15) is 11.5 Å². The summed E-state index contributed by atoms with van der Waals surface area (Å²) in [4.78, 5) is 29.1. The van der Waals surface area contributed by atoms with Crippen molar-refractivity contribution in [3.05, 3.63) is 83.6 Å². The van der Waals surface area contributed by atoms with E-state index in [1.807, 2.05) is 42.6 Å². The van der Waals surface area contributed by atoms with Crippen LogP contribution in [0.15, 0.2) is 76.5 Å². The molecule has 3 N–H and O–H groups in total. The quantitative estimate of drug-likeness (QED) is 0.373. The Morgan fingerprint density at radius 3 is 2.35 bits per heavy atom. The van der Waals surface area contributed by atoms with Crippen LogP contribution in [0.5, 0.6) is 0 Å². The van der Waals surface area contributed by atoms with E-state index >= 15 is 0 Å². The summed E-state index contributed by atoms with van der Waals surface area (Å²) in [6.07, 6.45) is 0.141. The molecule has 0 radical (unpaired) electrons. The van der Waals surface area contributed by atoms with Crippen LogP contribution in [0.4, 0.5) is 21.9 Å². The van der Waals surface area contributed by atoms with Crippen LogP contribution in [0.2, 0.25) is 0 Å². The molecule has 0 saturated carbocycles. The predicted molar refractivity (Wildman–Crippen MR) is 122 cm³/mol. The molecule has 2 heterocycles. The highest BCUT2D eigenvalue weighted by atomic mass is 32.1. The lowest BCUT2D eigenvalue weighted by molar-refractivity contribution is -0.115. The minimum Gasteiger partial charge on any atom is -0.459 e. The third-order valence-electron chi connectivity index (χ3n) is 4.28. The zero-order valence-electron chi connectivity index (χ0n) is 16.7. The highest BCUT2D eigenvalue weighted by Crippen LogP contribution is 2.26. The topological polar surface area (TPSA) is 96.3 Å². The van der Waals surface area contributed by atoms with Crippen LogP contribution >= 0.6 is 11.3 Å². The molecular weight excluding hydrogens is 412 g/mol. The van der Waals surface area contributed by atoms with Gasteiger partial charge in [0.05, 0.1) is 12.1 Å². The number of nitrogens with zero attached hydrogens (tertiary/aromatic N) is 1. The second-order valence-corrected chi connectivity index (χ2v) is 7.66. The minimum atomic E-state index is -0.363. The Hall–Kier alpha value is -3.91. The summed E-state index contributed by atoms with van der Waals surface area (Å²) in [5.41, 5.74) is 2.51. The van der Waals surface area contributed by atoms with E-state index in [1.165, 1.54) is 11.3 Å². The largest absolute Gasteiger partial charge is 0.459 e.